The Morgan fingerprint density at radius 3 is 2.54 bits per heavy atom. The largest absolute Gasteiger partial charge is 0.353 e. The first kappa shape index (κ1) is 15.5. The van der Waals surface area contributed by atoms with Gasteiger partial charge in [-0.1, -0.05) is 53.0 Å². The second-order valence-corrected chi connectivity index (χ2v) is 6.47. The van der Waals surface area contributed by atoms with Gasteiger partial charge in [0.1, 0.15) is 5.69 Å². The van der Waals surface area contributed by atoms with Gasteiger partial charge in [0.2, 0.25) is 5.78 Å². The summed E-state index contributed by atoms with van der Waals surface area (Å²) in [7, 11) is 0. The third kappa shape index (κ3) is 2.28. The molecule has 24 heavy (non-hydrogen) atoms. The van der Waals surface area contributed by atoms with Gasteiger partial charge in [-0.2, -0.15) is 0 Å². The van der Waals surface area contributed by atoms with Gasteiger partial charge in [0.05, 0.1) is 20.6 Å². The number of ketones is 1. The van der Waals surface area contributed by atoms with Crippen LogP contribution < -0.4 is 0 Å². The van der Waals surface area contributed by atoms with Gasteiger partial charge < -0.3 is 4.98 Å². The molecule has 2 heterocycles. The molecule has 0 bridgehead atoms. The molecule has 0 amide bonds. The molecule has 1 N–H and O–H groups in total. The van der Waals surface area contributed by atoms with E-state index in [1.165, 1.54) is 0 Å². The number of pyridine rings is 1. The fraction of sp³-hybridized carbons (Fsp3) is 0. The SMILES string of the molecule is O=C(c1ccc(Cl)c(Cl)c1Cl)c1nccc2c1[nH]c1ccccc12. The van der Waals surface area contributed by atoms with Crippen LogP contribution in [-0.2, 0) is 0 Å². The van der Waals surface area contributed by atoms with E-state index >= 15 is 0 Å². The van der Waals surface area contributed by atoms with E-state index < -0.39 is 0 Å². The van der Waals surface area contributed by atoms with Crippen LogP contribution in [0.2, 0.25) is 15.1 Å². The van der Waals surface area contributed by atoms with Crippen molar-refractivity contribution in [1.29, 1.82) is 0 Å². The van der Waals surface area contributed by atoms with E-state index in [0.29, 0.717) is 16.2 Å². The van der Waals surface area contributed by atoms with E-state index in [0.717, 1.165) is 16.3 Å². The van der Waals surface area contributed by atoms with Crippen LogP contribution >= 0.6 is 34.8 Å². The minimum absolute atomic E-state index is 0.129. The lowest BCUT2D eigenvalue weighted by atomic mass is 10.1. The van der Waals surface area contributed by atoms with Crippen molar-refractivity contribution < 1.29 is 4.79 Å². The molecule has 0 radical (unpaired) electrons. The predicted octanol–water partition coefficient (Wildman–Crippen LogP) is 5.91. The van der Waals surface area contributed by atoms with Crippen LogP contribution in [0.15, 0.2) is 48.7 Å². The second-order valence-electron chi connectivity index (χ2n) is 5.30. The Bertz CT molecular complexity index is 1120. The molecular weight excluding hydrogens is 367 g/mol. The van der Waals surface area contributed by atoms with Gasteiger partial charge in [-0.05, 0) is 24.3 Å². The summed E-state index contributed by atoms with van der Waals surface area (Å²) in [5, 5.41) is 2.55. The number of carbonyl (C=O) groups excluding carboxylic acids is 1. The number of nitrogens with zero attached hydrogens (tertiary/aromatic N) is 1. The van der Waals surface area contributed by atoms with Crippen molar-refractivity contribution in [3.05, 3.63) is 75.0 Å². The van der Waals surface area contributed by atoms with Gasteiger partial charge in [-0.25, -0.2) is 0 Å². The van der Waals surface area contributed by atoms with Crippen LogP contribution in [0.1, 0.15) is 16.1 Å². The van der Waals surface area contributed by atoms with Crippen molar-refractivity contribution in [3.8, 4) is 0 Å². The Labute approximate surface area is 152 Å². The van der Waals surface area contributed by atoms with Crippen molar-refractivity contribution >= 4 is 62.4 Å². The average Bonchev–Trinajstić information content (AvgIpc) is 2.98. The summed E-state index contributed by atoms with van der Waals surface area (Å²) >= 11 is 18.2. The second kappa shape index (κ2) is 5.78. The van der Waals surface area contributed by atoms with Crippen molar-refractivity contribution in [3.63, 3.8) is 0 Å². The fourth-order valence-corrected chi connectivity index (χ4v) is 3.40. The molecule has 3 nitrogen and oxygen atoms in total. The zero-order chi connectivity index (χ0) is 16.8. The fourth-order valence-electron chi connectivity index (χ4n) is 2.78. The number of para-hydroxylation sites is 1. The molecule has 0 spiro atoms. The summed E-state index contributed by atoms with van der Waals surface area (Å²) in [6.07, 6.45) is 1.61. The van der Waals surface area contributed by atoms with Crippen LogP contribution in [0.4, 0.5) is 0 Å². The monoisotopic (exact) mass is 374 g/mol. The first-order valence-electron chi connectivity index (χ1n) is 7.11. The number of hydrogen-bond donors (Lipinski definition) is 1. The molecule has 4 aromatic rings. The first-order chi connectivity index (χ1) is 11.6. The summed E-state index contributed by atoms with van der Waals surface area (Å²) in [6.45, 7) is 0. The van der Waals surface area contributed by atoms with Crippen molar-refractivity contribution in [2.45, 2.75) is 0 Å². The number of H-pyrrole nitrogens is 1. The lowest BCUT2D eigenvalue weighted by Crippen LogP contribution is -2.06. The summed E-state index contributed by atoms with van der Waals surface area (Å²) in [5.74, 6) is -0.310. The number of halogens is 3. The Hall–Kier alpha value is -2.07. The number of carbonyl (C=O) groups is 1. The number of rotatable bonds is 2. The molecule has 0 saturated carbocycles. The normalized spacial score (nSPS) is 11.3. The molecule has 0 unspecified atom stereocenters. The molecular formula is C18H9Cl3N2O. The highest BCUT2D eigenvalue weighted by Gasteiger charge is 2.21. The van der Waals surface area contributed by atoms with Crippen molar-refractivity contribution in [2.75, 3.05) is 0 Å². The summed E-state index contributed by atoms with van der Waals surface area (Å²) in [5.41, 5.74) is 2.18. The van der Waals surface area contributed by atoms with Crippen LogP contribution in [0.5, 0.6) is 0 Å². The topological polar surface area (TPSA) is 45.8 Å². The Kier molecular flexibility index (Phi) is 3.72. The van der Waals surface area contributed by atoms with Crippen LogP contribution in [0, 0.1) is 0 Å². The summed E-state index contributed by atoms with van der Waals surface area (Å²) < 4.78 is 0. The third-order valence-electron chi connectivity index (χ3n) is 3.92. The van der Waals surface area contributed by atoms with Crippen LogP contribution in [0.25, 0.3) is 21.8 Å². The molecule has 0 aliphatic heterocycles. The van der Waals surface area contributed by atoms with Crippen molar-refractivity contribution in [1.82, 2.24) is 9.97 Å². The predicted molar refractivity (Wildman–Crippen MR) is 98.5 cm³/mol. The van der Waals surface area contributed by atoms with Gasteiger partial charge in [0, 0.05) is 28.0 Å². The van der Waals surface area contributed by atoms with E-state index in [-0.39, 0.29) is 21.4 Å². The van der Waals surface area contributed by atoms with E-state index in [9.17, 15) is 4.79 Å². The van der Waals surface area contributed by atoms with Gasteiger partial charge in [0.15, 0.2) is 0 Å². The summed E-state index contributed by atoms with van der Waals surface area (Å²) in [6, 6.07) is 12.8. The lowest BCUT2D eigenvalue weighted by molar-refractivity contribution is 0.103. The highest BCUT2D eigenvalue weighted by atomic mass is 35.5. The smallest absolute Gasteiger partial charge is 0.215 e. The Morgan fingerprint density at radius 1 is 0.917 bits per heavy atom. The minimum atomic E-state index is -0.310. The molecule has 6 heteroatoms. The zero-order valence-electron chi connectivity index (χ0n) is 12.1. The van der Waals surface area contributed by atoms with Crippen LogP contribution in [-0.4, -0.2) is 15.8 Å². The van der Waals surface area contributed by atoms with Crippen LogP contribution in [0.3, 0.4) is 0 Å². The zero-order valence-corrected chi connectivity index (χ0v) is 14.4. The quantitative estimate of drug-likeness (QED) is 0.350. The number of benzene rings is 2. The van der Waals surface area contributed by atoms with Gasteiger partial charge in [0.25, 0.3) is 0 Å². The van der Waals surface area contributed by atoms with E-state index in [1.807, 2.05) is 30.3 Å². The number of aromatic amines is 1. The van der Waals surface area contributed by atoms with E-state index in [2.05, 4.69) is 9.97 Å². The van der Waals surface area contributed by atoms with Gasteiger partial charge >= 0.3 is 0 Å². The maximum Gasteiger partial charge on any atom is 0.215 e. The van der Waals surface area contributed by atoms with E-state index in [1.54, 1.807) is 18.3 Å². The Balaban J connectivity index is 1.97. The maximum absolute atomic E-state index is 13.0. The van der Waals surface area contributed by atoms with E-state index in [4.69, 9.17) is 34.8 Å². The molecule has 0 fully saturated rings. The molecule has 118 valence electrons. The lowest BCUT2D eigenvalue weighted by Gasteiger charge is -2.07. The molecule has 4 rings (SSSR count). The molecule has 0 aliphatic rings. The average molecular weight is 376 g/mol. The first-order valence-corrected chi connectivity index (χ1v) is 8.25. The molecule has 0 saturated heterocycles. The molecule has 0 atom stereocenters. The maximum atomic E-state index is 13.0. The minimum Gasteiger partial charge on any atom is -0.353 e. The highest BCUT2D eigenvalue weighted by Crippen LogP contribution is 2.35. The highest BCUT2D eigenvalue weighted by molar-refractivity contribution is 6.49. The molecule has 0 aliphatic carbocycles. The number of hydrogen-bond acceptors (Lipinski definition) is 2. The number of aromatic nitrogens is 2. The van der Waals surface area contributed by atoms with Gasteiger partial charge in [-0.15, -0.1) is 0 Å². The Morgan fingerprint density at radius 2 is 1.71 bits per heavy atom. The van der Waals surface area contributed by atoms with Crippen molar-refractivity contribution in [2.24, 2.45) is 0 Å². The number of nitrogens with one attached hydrogen (secondary N) is 1. The van der Waals surface area contributed by atoms with Gasteiger partial charge in [-0.3, -0.25) is 9.78 Å². The standard InChI is InChI=1S/C18H9Cl3N2O/c19-12-6-5-11(14(20)15(12)21)18(24)17-16-10(7-8-22-17)9-3-1-2-4-13(9)23-16/h1-8,23H. The number of fused-ring (bicyclic) bond motifs is 3. The molecule has 2 aromatic heterocycles. The third-order valence-corrected chi connectivity index (χ3v) is 5.22. The summed E-state index contributed by atoms with van der Waals surface area (Å²) in [4.78, 5) is 20.5. The molecule has 2 aromatic carbocycles.